The minimum Gasteiger partial charge on any atom is -0.497 e. The summed E-state index contributed by atoms with van der Waals surface area (Å²) >= 11 is 0. The maximum Gasteiger partial charge on any atom is 0.161 e. The summed E-state index contributed by atoms with van der Waals surface area (Å²) in [6, 6.07) is 7.38. The van der Waals surface area contributed by atoms with Gasteiger partial charge in [-0.3, -0.25) is 0 Å². The summed E-state index contributed by atoms with van der Waals surface area (Å²) in [4.78, 5) is 0. The van der Waals surface area contributed by atoms with E-state index in [1.165, 1.54) is 0 Å². The zero-order chi connectivity index (χ0) is 12.3. The highest BCUT2D eigenvalue weighted by molar-refractivity contribution is 5.46. The van der Waals surface area contributed by atoms with Crippen LogP contribution >= 0.6 is 0 Å². The van der Waals surface area contributed by atoms with Gasteiger partial charge in [0, 0.05) is 6.07 Å². The van der Waals surface area contributed by atoms with Gasteiger partial charge in [0.25, 0.3) is 0 Å². The number of aryl methyl sites for hydroxylation is 2. The number of hydrogen-bond donors (Lipinski definition) is 0. The van der Waals surface area contributed by atoms with Crippen LogP contribution in [0.25, 0.3) is 0 Å². The van der Waals surface area contributed by atoms with Gasteiger partial charge in [0.2, 0.25) is 0 Å². The fourth-order valence-electron chi connectivity index (χ4n) is 1.40. The highest BCUT2D eigenvalue weighted by Gasteiger charge is 2.07. The number of benzene rings is 1. The Kier molecular flexibility index (Phi) is 3.18. The van der Waals surface area contributed by atoms with Crippen LogP contribution < -0.4 is 4.74 Å². The Hall–Kier alpha value is -2.17. The Morgan fingerprint density at radius 1 is 1.24 bits per heavy atom. The van der Waals surface area contributed by atoms with Crippen molar-refractivity contribution in [2.24, 2.45) is 10.2 Å². The molecule has 17 heavy (non-hydrogen) atoms. The number of methoxy groups -OCH3 is 1. The van der Waals surface area contributed by atoms with Crippen LogP contribution in [0.2, 0.25) is 0 Å². The number of ether oxygens (including phenoxy) is 1. The van der Waals surface area contributed by atoms with Crippen LogP contribution in [0.5, 0.6) is 5.75 Å². The molecule has 0 radical (unpaired) electrons. The van der Waals surface area contributed by atoms with E-state index in [9.17, 15) is 0 Å². The van der Waals surface area contributed by atoms with Crippen molar-refractivity contribution in [1.29, 1.82) is 0 Å². The zero-order valence-corrected chi connectivity index (χ0v) is 9.97. The molecular formula is C12H13N3O2. The molecule has 0 fully saturated rings. The number of rotatable bonds is 3. The first-order valence-corrected chi connectivity index (χ1v) is 5.19. The molecule has 1 aromatic carbocycles. The largest absolute Gasteiger partial charge is 0.497 e. The second-order valence-corrected chi connectivity index (χ2v) is 3.57. The van der Waals surface area contributed by atoms with E-state index < -0.39 is 0 Å². The summed E-state index contributed by atoms with van der Waals surface area (Å²) in [5, 5.41) is 12.1. The van der Waals surface area contributed by atoms with Crippen LogP contribution in [0.1, 0.15) is 11.5 Å². The molecule has 2 aromatic rings. The fourth-order valence-corrected chi connectivity index (χ4v) is 1.40. The van der Waals surface area contributed by atoms with E-state index in [1.54, 1.807) is 14.0 Å². The summed E-state index contributed by atoms with van der Waals surface area (Å²) in [5.41, 5.74) is 2.13. The molecular weight excluding hydrogens is 218 g/mol. The lowest BCUT2D eigenvalue weighted by atomic mass is 10.3. The molecule has 1 aromatic heterocycles. The molecule has 5 nitrogen and oxygen atoms in total. The van der Waals surface area contributed by atoms with E-state index in [4.69, 9.17) is 9.26 Å². The summed E-state index contributed by atoms with van der Waals surface area (Å²) in [6.07, 6.45) is 0. The van der Waals surface area contributed by atoms with Crippen LogP contribution in [-0.2, 0) is 0 Å². The fraction of sp³-hybridized carbons (Fsp3) is 0.250. The van der Waals surface area contributed by atoms with Crippen LogP contribution in [0, 0.1) is 13.8 Å². The van der Waals surface area contributed by atoms with Crippen molar-refractivity contribution < 1.29 is 9.26 Å². The van der Waals surface area contributed by atoms with Gasteiger partial charge < -0.3 is 9.26 Å². The Balaban J connectivity index is 2.26. The third kappa shape index (κ3) is 2.50. The van der Waals surface area contributed by atoms with Crippen molar-refractivity contribution in [3.63, 3.8) is 0 Å². The van der Waals surface area contributed by atoms with Gasteiger partial charge in [-0.1, -0.05) is 11.2 Å². The highest BCUT2D eigenvalue weighted by Crippen LogP contribution is 2.26. The van der Waals surface area contributed by atoms with Gasteiger partial charge in [0.15, 0.2) is 11.4 Å². The minimum atomic E-state index is 0.661. The SMILES string of the molecule is COc1cccc(N=Nc2c(C)noc2C)c1. The molecule has 0 N–H and O–H groups in total. The summed E-state index contributed by atoms with van der Waals surface area (Å²) in [6.45, 7) is 3.64. The minimum absolute atomic E-state index is 0.661. The smallest absolute Gasteiger partial charge is 0.161 e. The van der Waals surface area contributed by atoms with E-state index in [-0.39, 0.29) is 0 Å². The molecule has 0 aliphatic rings. The van der Waals surface area contributed by atoms with Crippen molar-refractivity contribution in [2.75, 3.05) is 7.11 Å². The van der Waals surface area contributed by atoms with Gasteiger partial charge in [-0.05, 0) is 26.0 Å². The molecule has 0 atom stereocenters. The van der Waals surface area contributed by atoms with Crippen LogP contribution in [-0.4, -0.2) is 12.3 Å². The predicted molar refractivity (Wildman–Crippen MR) is 63.1 cm³/mol. The first kappa shape index (κ1) is 11.3. The molecule has 0 saturated carbocycles. The second kappa shape index (κ2) is 4.78. The van der Waals surface area contributed by atoms with Crippen LogP contribution in [0.15, 0.2) is 39.0 Å². The maximum atomic E-state index is 5.11. The first-order valence-electron chi connectivity index (χ1n) is 5.19. The Morgan fingerprint density at radius 2 is 2.06 bits per heavy atom. The molecule has 1 heterocycles. The number of aromatic nitrogens is 1. The van der Waals surface area contributed by atoms with Gasteiger partial charge in [0.1, 0.15) is 11.4 Å². The first-order chi connectivity index (χ1) is 8.20. The zero-order valence-electron chi connectivity index (χ0n) is 9.97. The van der Waals surface area contributed by atoms with E-state index in [2.05, 4.69) is 15.4 Å². The van der Waals surface area contributed by atoms with Gasteiger partial charge in [-0.2, -0.15) is 5.11 Å². The Bertz CT molecular complexity index is 527. The van der Waals surface area contributed by atoms with Gasteiger partial charge in [-0.25, -0.2) is 0 Å². The Morgan fingerprint density at radius 3 is 2.71 bits per heavy atom. The van der Waals surface area contributed by atoms with E-state index in [0.717, 1.165) is 17.1 Å². The molecule has 0 unspecified atom stereocenters. The predicted octanol–water partition coefficient (Wildman–Crippen LogP) is 3.72. The van der Waals surface area contributed by atoms with Crippen LogP contribution in [0.3, 0.4) is 0 Å². The summed E-state index contributed by atoms with van der Waals surface area (Å²) in [5.74, 6) is 1.41. The third-order valence-electron chi connectivity index (χ3n) is 2.31. The quantitative estimate of drug-likeness (QED) is 0.756. The molecule has 0 aliphatic carbocycles. The standard InChI is InChI=1S/C12H13N3O2/c1-8-12(9(2)17-15-8)14-13-10-5-4-6-11(7-10)16-3/h4-7H,1-3H3. The number of nitrogens with zero attached hydrogens (tertiary/aromatic N) is 3. The lowest BCUT2D eigenvalue weighted by molar-refractivity contribution is 0.393. The number of hydrogen-bond acceptors (Lipinski definition) is 5. The molecule has 2 rings (SSSR count). The summed E-state index contributed by atoms with van der Waals surface area (Å²) < 4.78 is 10.1. The molecule has 0 bridgehead atoms. The lowest BCUT2D eigenvalue weighted by Crippen LogP contribution is -1.79. The van der Waals surface area contributed by atoms with Crippen molar-refractivity contribution in [2.45, 2.75) is 13.8 Å². The monoisotopic (exact) mass is 231 g/mol. The van der Waals surface area contributed by atoms with E-state index in [0.29, 0.717) is 11.4 Å². The Labute approximate surface area is 99.1 Å². The number of azo groups is 1. The van der Waals surface area contributed by atoms with Crippen molar-refractivity contribution in [1.82, 2.24) is 5.16 Å². The second-order valence-electron chi connectivity index (χ2n) is 3.57. The average Bonchev–Trinajstić information content (AvgIpc) is 2.67. The van der Waals surface area contributed by atoms with Crippen molar-refractivity contribution in [3.8, 4) is 5.75 Å². The topological polar surface area (TPSA) is 60.0 Å². The van der Waals surface area contributed by atoms with Gasteiger partial charge >= 0.3 is 0 Å². The molecule has 0 aliphatic heterocycles. The average molecular weight is 231 g/mol. The summed E-state index contributed by atoms with van der Waals surface area (Å²) in [7, 11) is 1.62. The van der Waals surface area contributed by atoms with Gasteiger partial charge in [-0.15, -0.1) is 5.11 Å². The molecule has 0 spiro atoms. The molecule has 0 amide bonds. The van der Waals surface area contributed by atoms with E-state index >= 15 is 0 Å². The van der Waals surface area contributed by atoms with Gasteiger partial charge in [0.05, 0.1) is 12.8 Å². The van der Waals surface area contributed by atoms with E-state index in [1.807, 2.05) is 31.2 Å². The molecule has 88 valence electrons. The third-order valence-corrected chi connectivity index (χ3v) is 2.31. The molecule has 0 saturated heterocycles. The van der Waals surface area contributed by atoms with Crippen LogP contribution in [0.4, 0.5) is 11.4 Å². The maximum absolute atomic E-state index is 5.11. The molecule has 5 heteroatoms. The van der Waals surface area contributed by atoms with Crippen molar-refractivity contribution in [3.05, 3.63) is 35.7 Å². The van der Waals surface area contributed by atoms with Crippen molar-refractivity contribution >= 4 is 11.4 Å². The highest BCUT2D eigenvalue weighted by atomic mass is 16.5. The lowest BCUT2D eigenvalue weighted by Gasteiger charge is -1.98. The normalized spacial score (nSPS) is 11.0.